The molecule has 2 N–H and O–H groups in total. The summed E-state index contributed by atoms with van der Waals surface area (Å²) in [6.45, 7) is 7.68. The van der Waals surface area contributed by atoms with E-state index in [1.165, 1.54) is 0 Å². The Balaban J connectivity index is 4.40. The Kier molecular flexibility index (Phi) is 8.32. The maximum Gasteiger partial charge on any atom is 0.317 e. The van der Waals surface area contributed by atoms with Crippen LogP contribution in [0.1, 0.15) is 40.0 Å². The number of hydrogen-bond acceptors (Lipinski definition) is 3. The number of carbonyl (C=O) groups is 2. The highest BCUT2D eigenvalue weighted by atomic mass is 16.4. The molecule has 124 valence electrons. The van der Waals surface area contributed by atoms with Crippen molar-refractivity contribution in [1.29, 1.82) is 0 Å². The van der Waals surface area contributed by atoms with Crippen molar-refractivity contribution in [2.75, 3.05) is 34.2 Å². The van der Waals surface area contributed by atoms with Gasteiger partial charge in [0, 0.05) is 19.6 Å². The van der Waals surface area contributed by atoms with Gasteiger partial charge in [-0.15, -0.1) is 0 Å². The zero-order valence-electron chi connectivity index (χ0n) is 14.3. The summed E-state index contributed by atoms with van der Waals surface area (Å²) in [5, 5.41) is 11.8. The molecule has 0 aromatic carbocycles. The van der Waals surface area contributed by atoms with Gasteiger partial charge >= 0.3 is 12.0 Å². The molecule has 0 bridgehead atoms. The van der Waals surface area contributed by atoms with E-state index in [0.717, 1.165) is 13.0 Å². The minimum absolute atomic E-state index is 0.0309. The van der Waals surface area contributed by atoms with Crippen LogP contribution in [0.2, 0.25) is 0 Å². The van der Waals surface area contributed by atoms with Crippen molar-refractivity contribution >= 4 is 12.0 Å². The lowest BCUT2D eigenvalue weighted by atomic mass is 9.87. The Morgan fingerprint density at radius 2 is 1.71 bits per heavy atom. The van der Waals surface area contributed by atoms with Gasteiger partial charge in [0.05, 0.1) is 6.42 Å². The number of carbonyl (C=O) groups excluding carboxylic acids is 1. The van der Waals surface area contributed by atoms with E-state index in [0.29, 0.717) is 13.0 Å². The first-order chi connectivity index (χ1) is 9.51. The number of carboxylic acids is 1. The van der Waals surface area contributed by atoms with Gasteiger partial charge in [-0.1, -0.05) is 20.8 Å². The van der Waals surface area contributed by atoms with Gasteiger partial charge in [-0.05, 0) is 38.9 Å². The summed E-state index contributed by atoms with van der Waals surface area (Å²) in [5.74, 6) is -0.889. The molecule has 0 spiro atoms. The molecule has 6 heteroatoms. The van der Waals surface area contributed by atoms with Crippen molar-refractivity contribution in [2.45, 2.75) is 46.1 Å². The number of urea groups is 1. The number of aliphatic carboxylic acids is 1. The van der Waals surface area contributed by atoms with E-state index in [4.69, 9.17) is 5.11 Å². The van der Waals surface area contributed by atoms with Crippen molar-refractivity contribution in [1.82, 2.24) is 15.1 Å². The molecule has 0 aliphatic rings. The molecule has 0 aliphatic heterocycles. The number of carboxylic acid groups (broad SMARTS) is 1. The van der Waals surface area contributed by atoms with Crippen LogP contribution in [0, 0.1) is 5.41 Å². The third kappa shape index (κ3) is 11.1. The molecule has 0 rings (SSSR count). The average Bonchev–Trinajstić information content (AvgIpc) is 2.24. The van der Waals surface area contributed by atoms with Gasteiger partial charge in [0.15, 0.2) is 0 Å². The first kappa shape index (κ1) is 19.7. The maximum atomic E-state index is 12.1. The summed E-state index contributed by atoms with van der Waals surface area (Å²) >= 11 is 0. The minimum Gasteiger partial charge on any atom is -0.481 e. The molecular formula is C15H31N3O3. The van der Waals surface area contributed by atoms with E-state index in [2.05, 4.69) is 10.2 Å². The molecule has 2 amide bonds. The van der Waals surface area contributed by atoms with E-state index in [-0.39, 0.29) is 23.9 Å². The van der Waals surface area contributed by atoms with Crippen LogP contribution in [-0.4, -0.2) is 67.2 Å². The van der Waals surface area contributed by atoms with Crippen LogP contribution < -0.4 is 5.32 Å². The molecule has 1 unspecified atom stereocenters. The van der Waals surface area contributed by atoms with Crippen molar-refractivity contribution in [3.8, 4) is 0 Å². The Bertz CT molecular complexity index is 338. The molecule has 0 saturated heterocycles. The summed E-state index contributed by atoms with van der Waals surface area (Å²) in [6, 6.07) is -0.546. The molecule has 0 aromatic heterocycles. The van der Waals surface area contributed by atoms with E-state index >= 15 is 0 Å². The van der Waals surface area contributed by atoms with Gasteiger partial charge in [-0.25, -0.2) is 4.79 Å². The quantitative estimate of drug-likeness (QED) is 0.718. The number of nitrogens with one attached hydrogen (secondary N) is 1. The monoisotopic (exact) mass is 301 g/mol. The predicted molar refractivity (Wildman–Crippen MR) is 84.4 cm³/mol. The van der Waals surface area contributed by atoms with Crippen LogP contribution in [0.3, 0.4) is 0 Å². The van der Waals surface area contributed by atoms with Gasteiger partial charge < -0.3 is 20.2 Å². The van der Waals surface area contributed by atoms with Crippen molar-refractivity contribution < 1.29 is 14.7 Å². The molecule has 0 aliphatic carbocycles. The molecule has 21 heavy (non-hydrogen) atoms. The fourth-order valence-electron chi connectivity index (χ4n) is 2.13. The lowest BCUT2D eigenvalue weighted by molar-refractivity contribution is -0.137. The first-order valence-electron chi connectivity index (χ1n) is 7.39. The van der Waals surface area contributed by atoms with Gasteiger partial charge in [0.25, 0.3) is 0 Å². The molecule has 0 heterocycles. The Morgan fingerprint density at radius 3 is 2.14 bits per heavy atom. The van der Waals surface area contributed by atoms with Crippen LogP contribution in [0.5, 0.6) is 0 Å². The zero-order chi connectivity index (χ0) is 16.6. The normalized spacial score (nSPS) is 13.1. The smallest absolute Gasteiger partial charge is 0.317 e. The lowest BCUT2D eigenvalue weighted by Gasteiger charge is -2.28. The second kappa shape index (κ2) is 8.87. The fraction of sp³-hybridized carbons (Fsp3) is 0.867. The van der Waals surface area contributed by atoms with Crippen molar-refractivity contribution in [3.05, 3.63) is 0 Å². The van der Waals surface area contributed by atoms with Crippen LogP contribution in [0.4, 0.5) is 4.79 Å². The van der Waals surface area contributed by atoms with Crippen molar-refractivity contribution in [2.24, 2.45) is 5.41 Å². The van der Waals surface area contributed by atoms with Gasteiger partial charge in [-0.3, -0.25) is 4.79 Å². The Labute approximate surface area is 128 Å². The molecule has 0 fully saturated rings. The highest BCUT2D eigenvalue weighted by Gasteiger charge is 2.23. The average molecular weight is 301 g/mol. The van der Waals surface area contributed by atoms with Crippen LogP contribution in [0.25, 0.3) is 0 Å². The van der Waals surface area contributed by atoms with Gasteiger partial charge in [-0.2, -0.15) is 0 Å². The summed E-state index contributed by atoms with van der Waals surface area (Å²) < 4.78 is 0. The predicted octanol–water partition coefficient (Wildman–Crippen LogP) is 1.86. The third-order valence-corrected chi connectivity index (χ3v) is 3.05. The maximum absolute atomic E-state index is 12.1. The van der Waals surface area contributed by atoms with Crippen LogP contribution in [-0.2, 0) is 4.79 Å². The Hall–Kier alpha value is -1.30. The summed E-state index contributed by atoms with van der Waals surface area (Å²) in [6.07, 6.45) is 1.48. The van der Waals surface area contributed by atoms with Gasteiger partial charge in [0.1, 0.15) is 0 Å². The second-order valence-electron chi connectivity index (χ2n) is 7.09. The lowest BCUT2D eigenvalue weighted by Crippen LogP contribution is -2.45. The van der Waals surface area contributed by atoms with E-state index in [9.17, 15) is 9.59 Å². The van der Waals surface area contributed by atoms with Crippen LogP contribution >= 0.6 is 0 Å². The molecule has 0 radical (unpaired) electrons. The van der Waals surface area contributed by atoms with Crippen molar-refractivity contribution in [3.63, 3.8) is 0 Å². The standard InChI is InChI=1S/C15H31N3O3/c1-15(2,3)11-12(10-13(19)20)16-14(21)18(6)9-7-8-17(4)5/h12H,7-11H2,1-6H3,(H,16,21)(H,19,20). The third-order valence-electron chi connectivity index (χ3n) is 3.05. The molecule has 0 saturated carbocycles. The molecule has 6 nitrogen and oxygen atoms in total. The number of nitrogens with zero attached hydrogens (tertiary/aromatic N) is 2. The molecule has 1 atom stereocenters. The SMILES string of the molecule is CN(C)CCCN(C)C(=O)NC(CC(=O)O)CC(C)(C)C. The van der Waals surface area contributed by atoms with E-state index < -0.39 is 5.97 Å². The van der Waals surface area contributed by atoms with E-state index in [1.54, 1.807) is 11.9 Å². The zero-order valence-corrected chi connectivity index (χ0v) is 14.3. The highest BCUT2D eigenvalue weighted by Crippen LogP contribution is 2.22. The topological polar surface area (TPSA) is 72.9 Å². The summed E-state index contributed by atoms with van der Waals surface area (Å²) in [7, 11) is 5.72. The van der Waals surface area contributed by atoms with Gasteiger partial charge in [0.2, 0.25) is 0 Å². The highest BCUT2D eigenvalue weighted by molar-refractivity contribution is 5.75. The number of hydrogen-bond donors (Lipinski definition) is 2. The summed E-state index contributed by atoms with van der Waals surface area (Å²) in [5.41, 5.74) is -0.0309. The molecular weight excluding hydrogens is 270 g/mol. The summed E-state index contributed by atoms with van der Waals surface area (Å²) in [4.78, 5) is 26.7. The van der Waals surface area contributed by atoms with E-state index in [1.807, 2.05) is 34.9 Å². The fourth-order valence-corrected chi connectivity index (χ4v) is 2.13. The molecule has 0 aromatic rings. The first-order valence-corrected chi connectivity index (χ1v) is 7.39. The Morgan fingerprint density at radius 1 is 1.14 bits per heavy atom. The largest absolute Gasteiger partial charge is 0.481 e. The number of rotatable bonds is 8. The second-order valence-corrected chi connectivity index (χ2v) is 7.09. The number of amides is 2. The van der Waals surface area contributed by atoms with Crippen LogP contribution in [0.15, 0.2) is 0 Å². The minimum atomic E-state index is -0.889.